The van der Waals surface area contributed by atoms with E-state index < -0.39 is 26.9 Å². The van der Waals surface area contributed by atoms with Gasteiger partial charge in [0.2, 0.25) is 15.9 Å². The molecule has 0 spiro atoms. The average molecular weight is 432 g/mol. The maximum absolute atomic E-state index is 12.5. The van der Waals surface area contributed by atoms with E-state index in [9.17, 15) is 23.3 Å². The van der Waals surface area contributed by atoms with Crippen molar-refractivity contribution in [3.05, 3.63) is 62.1 Å². The van der Waals surface area contributed by atoms with Gasteiger partial charge in [0.1, 0.15) is 4.90 Å². The molecule has 0 saturated carbocycles. The minimum atomic E-state index is -4.12. The largest absolute Gasteiger partial charge is 0.324 e. The number of nitrogens with one attached hydrogen (secondary N) is 2. The molecule has 0 saturated heterocycles. The van der Waals surface area contributed by atoms with Crippen molar-refractivity contribution in [1.29, 1.82) is 0 Å². The quantitative estimate of drug-likeness (QED) is 0.535. The first-order valence-corrected chi connectivity index (χ1v) is 9.79. The molecule has 11 heteroatoms. The first-order valence-electron chi connectivity index (χ1n) is 7.55. The lowest BCUT2D eigenvalue weighted by molar-refractivity contribution is -0.385. The minimum Gasteiger partial charge on any atom is -0.324 e. The number of hydrogen-bond donors (Lipinski definition) is 2. The van der Waals surface area contributed by atoms with E-state index in [0.29, 0.717) is 0 Å². The van der Waals surface area contributed by atoms with Crippen molar-refractivity contribution in [3.8, 4) is 0 Å². The number of nitro benzene ring substituents is 1. The molecule has 2 rings (SSSR count). The summed E-state index contributed by atoms with van der Waals surface area (Å²) >= 11 is 11.7. The van der Waals surface area contributed by atoms with Gasteiger partial charge in [0.05, 0.1) is 27.2 Å². The third kappa shape index (κ3) is 4.95. The fraction of sp³-hybridized carbons (Fsp3) is 0.188. The molecule has 2 aromatic carbocycles. The van der Waals surface area contributed by atoms with Crippen LogP contribution < -0.4 is 10.0 Å². The summed E-state index contributed by atoms with van der Waals surface area (Å²) < 4.78 is 27.1. The summed E-state index contributed by atoms with van der Waals surface area (Å²) in [6, 6.07) is 6.96. The summed E-state index contributed by atoms with van der Waals surface area (Å²) in [6.07, 6.45) is 0. The van der Waals surface area contributed by atoms with Gasteiger partial charge in [-0.25, -0.2) is 8.42 Å². The highest BCUT2D eigenvalue weighted by Gasteiger charge is 2.25. The Morgan fingerprint density at radius 2 is 1.89 bits per heavy atom. The number of carbonyl (C=O) groups excluding carboxylic acids is 1. The molecule has 1 unspecified atom stereocenters. The SMILES string of the molecule is Cc1c(NC(=O)C(C)NS(=O)(=O)c2cc(Cl)ccc2Cl)cccc1[N+](=O)[O-]. The lowest BCUT2D eigenvalue weighted by Crippen LogP contribution is -2.41. The van der Waals surface area contributed by atoms with Crippen LogP contribution in [-0.2, 0) is 14.8 Å². The van der Waals surface area contributed by atoms with E-state index in [1.807, 2.05) is 0 Å². The second-order valence-corrected chi connectivity index (χ2v) is 8.14. The number of nitro groups is 1. The lowest BCUT2D eigenvalue weighted by Gasteiger charge is -2.16. The van der Waals surface area contributed by atoms with Crippen LogP contribution in [0.25, 0.3) is 0 Å². The normalized spacial score (nSPS) is 12.4. The number of carbonyl (C=O) groups is 1. The van der Waals surface area contributed by atoms with Crippen LogP contribution in [0.2, 0.25) is 10.0 Å². The Kier molecular flexibility index (Phi) is 6.42. The highest BCUT2D eigenvalue weighted by atomic mass is 35.5. The molecule has 27 heavy (non-hydrogen) atoms. The maximum Gasteiger partial charge on any atom is 0.274 e. The Labute approximate surface area is 165 Å². The van der Waals surface area contributed by atoms with Crippen molar-refractivity contribution >= 4 is 50.5 Å². The van der Waals surface area contributed by atoms with Crippen LogP contribution in [0.15, 0.2) is 41.3 Å². The van der Waals surface area contributed by atoms with Gasteiger partial charge in [0.15, 0.2) is 0 Å². The molecule has 8 nitrogen and oxygen atoms in total. The van der Waals surface area contributed by atoms with Gasteiger partial charge in [0.25, 0.3) is 5.69 Å². The second kappa shape index (κ2) is 8.22. The molecule has 0 aliphatic carbocycles. The molecule has 0 aliphatic heterocycles. The van der Waals surface area contributed by atoms with Crippen LogP contribution in [0, 0.1) is 17.0 Å². The molecule has 0 radical (unpaired) electrons. The number of anilines is 1. The van der Waals surface area contributed by atoms with Gasteiger partial charge < -0.3 is 5.32 Å². The van der Waals surface area contributed by atoms with Crippen molar-refractivity contribution in [2.45, 2.75) is 24.8 Å². The molecule has 0 heterocycles. The van der Waals surface area contributed by atoms with E-state index in [0.717, 1.165) is 0 Å². The summed E-state index contributed by atoms with van der Waals surface area (Å²) in [6.45, 7) is 2.81. The zero-order valence-corrected chi connectivity index (χ0v) is 16.5. The number of sulfonamides is 1. The van der Waals surface area contributed by atoms with Crippen molar-refractivity contribution in [2.24, 2.45) is 0 Å². The molecule has 0 bridgehead atoms. The van der Waals surface area contributed by atoms with Gasteiger partial charge in [-0.2, -0.15) is 4.72 Å². The third-order valence-electron chi connectivity index (χ3n) is 3.67. The van der Waals surface area contributed by atoms with E-state index >= 15 is 0 Å². The molecule has 0 aromatic heterocycles. The van der Waals surface area contributed by atoms with Gasteiger partial charge in [-0.15, -0.1) is 0 Å². The van der Waals surface area contributed by atoms with E-state index in [-0.39, 0.29) is 31.9 Å². The number of nitrogens with zero attached hydrogens (tertiary/aromatic N) is 1. The van der Waals surface area contributed by atoms with Gasteiger partial charge in [0, 0.05) is 11.1 Å². The van der Waals surface area contributed by atoms with Gasteiger partial charge in [-0.1, -0.05) is 29.3 Å². The molecule has 144 valence electrons. The van der Waals surface area contributed by atoms with Gasteiger partial charge in [-0.3, -0.25) is 14.9 Å². The Morgan fingerprint density at radius 3 is 2.52 bits per heavy atom. The number of benzene rings is 2. The molecule has 2 aromatic rings. The van der Waals surface area contributed by atoms with Crippen LogP contribution in [0.1, 0.15) is 12.5 Å². The van der Waals surface area contributed by atoms with Crippen molar-refractivity contribution < 1.29 is 18.1 Å². The van der Waals surface area contributed by atoms with Crippen molar-refractivity contribution in [2.75, 3.05) is 5.32 Å². The molecular formula is C16H15Cl2N3O5S. The maximum atomic E-state index is 12.5. The van der Waals surface area contributed by atoms with Crippen LogP contribution in [-0.4, -0.2) is 25.3 Å². The van der Waals surface area contributed by atoms with E-state index in [4.69, 9.17) is 23.2 Å². The first-order chi connectivity index (χ1) is 12.5. The van der Waals surface area contributed by atoms with Crippen LogP contribution in [0.4, 0.5) is 11.4 Å². The average Bonchev–Trinajstić information content (AvgIpc) is 2.58. The Balaban J connectivity index is 2.20. The smallest absolute Gasteiger partial charge is 0.274 e. The Hall–Kier alpha value is -2.20. The van der Waals surface area contributed by atoms with Crippen LogP contribution >= 0.6 is 23.2 Å². The predicted molar refractivity (Wildman–Crippen MR) is 103 cm³/mol. The molecule has 0 aliphatic rings. The number of hydrogen-bond acceptors (Lipinski definition) is 5. The summed E-state index contributed by atoms with van der Waals surface area (Å²) in [5.74, 6) is -0.694. The first kappa shape index (κ1) is 21.1. The third-order valence-corrected chi connectivity index (χ3v) is 5.93. The van der Waals surface area contributed by atoms with E-state index in [1.165, 1.54) is 50.2 Å². The number of amides is 1. The zero-order valence-electron chi connectivity index (χ0n) is 14.2. The van der Waals surface area contributed by atoms with E-state index in [1.54, 1.807) is 0 Å². The van der Waals surface area contributed by atoms with Gasteiger partial charge in [-0.05, 0) is 38.1 Å². The number of halogens is 2. The molecule has 1 atom stereocenters. The zero-order chi connectivity index (χ0) is 20.4. The molecule has 2 N–H and O–H groups in total. The fourth-order valence-corrected chi connectivity index (χ4v) is 4.20. The standard InChI is InChI=1S/C16H15Cl2N3O5S/c1-9-13(4-3-5-14(9)21(23)24)19-16(22)10(2)20-27(25,26)15-8-11(17)6-7-12(15)18/h3-8,10,20H,1-2H3,(H,19,22). The highest BCUT2D eigenvalue weighted by Crippen LogP contribution is 2.26. The fourth-order valence-electron chi connectivity index (χ4n) is 2.23. The summed E-state index contributed by atoms with van der Waals surface area (Å²) in [7, 11) is -4.12. The summed E-state index contributed by atoms with van der Waals surface area (Å²) in [5, 5.41) is 13.6. The molecule has 0 fully saturated rings. The van der Waals surface area contributed by atoms with Crippen molar-refractivity contribution in [3.63, 3.8) is 0 Å². The number of rotatable bonds is 6. The molecular weight excluding hydrogens is 417 g/mol. The highest BCUT2D eigenvalue weighted by molar-refractivity contribution is 7.89. The van der Waals surface area contributed by atoms with Gasteiger partial charge >= 0.3 is 0 Å². The predicted octanol–water partition coefficient (Wildman–Crippen LogP) is 3.52. The Bertz CT molecular complexity index is 1010. The topological polar surface area (TPSA) is 118 Å². The van der Waals surface area contributed by atoms with E-state index in [2.05, 4.69) is 10.0 Å². The minimum absolute atomic E-state index is 0.0472. The Morgan fingerprint density at radius 1 is 1.22 bits per heavy atom. The lowest BCUT2D eigenvalue weighted by atomic mass is 10.1. The van der Waals surface area contributed by atoms with Crippen LogP contribution in [0.3, 0.4) is 0 Å². The summed E-state index contributed by atoms with van der Waals surface area (Å²) in [4.78, 5) is 22.5. The van der Waals surface area contributed by atoms with Crippen molar-refractivity contribution in [1.82, 2.24) is 4.72 Å². The molecule has 1 amide bonds. The monoisotopic (exact) mass is 431 g/mol. The second-order valence-electron chi connectivity index (χ2n) is 5.61. The summed E-state index contributed by atoms with van der Waals surface area (Å²) in [5.41, 5.74) is 0.302. The van der Waals surface area contributed by atoms with Crippen LogP contribution in [0.5, 0.6) is 0 Å².